The fraction of sp³-hybridized carbons (Fsp3) is 0.481. The molecule has 0 N–H and O–H groups in total. The van der Waals surface area contributed by atoms with Gasteiger partial charge in [0.1, 0.15) is 11.7 Å². The van der Waals surface area contributed by atoms with Gasteiger partial charge >= 0.3 is 5.97 Å². The number of rotatable bonds is 7. The SMILES string of the molecule is CCOC(=O)c1cn(C2CC2)c2c(OC)c(-c3cc4c(s3)CCC(C)(C)C4OSC)ccc2c1=O. The van der Waals surface area contributed by atoms with Crippen molar-refractivity contribution in [2.75, 3.05) is 20.0 Å². The number of hydrogen-bond donors (Lipinski definition) is 0. The molecule has 0 aliphatic heterocycles. The van der Waals surface area contributed by atoms with Crippen LogP contribution >= 0.6 is 23.4 Å². The molecule has 0 saturated heterocycles. The molecule has 2 heterocycles. The van der Waals surface area contributed by atoms with E-state index in [-0.39, 0.29) is 35.2 Å². The molecule has 2 aliphatic rings. The van der Waals surface area contributed by atoms with E-state index in [9.17, 15) is 9.59 Å². The summed E-state index contributed by atoms with van der Waals surface area (Å²) in [5, 5.41) is 0.481. The van der Waals surface area contributed by atoms with Crippen molar-refractivity contribution in [2.24, 2.45) is 5.41 Å². The van der Waals surface area contributed by atoms with Crippen molar-refractivity contribution in [2.45, 2.75) is 58.6 Å². The second-order valence-corrected chi connectivity index (χ2v) is 11.6. The molecule has 2 aromatic heterocycles. The topological polar surface area (TPSA) is 66.8 Å². The number of thiophene rings is 1. The molecule has 6 nitrogen and oxygen atoms in total. The van der Waals surface area contributed by atoms with Crippen LogP contribution in [-0.4, -0.2) is 30.5 Å². The Morgan fingerprint density at radius 2 is 2.06 bits per heavy atom. The first-order valence-corrected chi connectivity index (χ1v) is 14.0. The molecule has 35 heavy (non-hydrogen) atoms. The van der Waals surface area contributed by atoms with Gasteiger partial charge in [-0.3, -0.25) is 4.79 Å². The lowest BCUT2D eigenvalue weighted by molar-refractivity contribution is 0.0524. The van der Waals surface area contributed by atoms with Crippen LogP contribution in [0, 0.1) is 5.41 Å². The molecular weight excluding hydrogens is 482 g/mol. The Morgan fingerprint density at radius 1 is 1.29 bits per heavy atom. The molecule has 1 fully saturated rings. The van der Waals surface area contributed by atoms with Crippen molar-refractivity contribution in [1.82, 2.24) is 4.57 Å². The highest BCUT2D eigenvalue weighted by Crippen LogP contribution is 2.52. The van der Waals surface area contributed by atoms with Crippen LogP contribution in [0.4, 0.5) is 0 Å². The minimum atomic E-state index is -0.578. The number of carbonyl (C=O) groups excluding carboxylic acids is 1. The molecule has 1 atom stereocenters. The van der Waals surface area contributed by atoms with E-state index in [1.807, 2.05) is 23.0 Å². The lowest BCUT2D eigenvalue weighted by Crippen LogP contribution is -2.27. The summed E-state index contributed by atoms with van der Waals surface area (Å²) in [6.07, 6.45) is 7.75. The van der Waals surface area contributed by atoms with E-state index in [4.69, 9.17) is 13.7 Å². The van der Waals surface area contributed by atoms with Crippen LogP contribution in [0.15, 0.2) is 29.2 Å². The molecule has 0 amide bonds. The second-order valence-electron chi connectivity index (χ2n) is 9.89. The van der Waals surface area contributed by atoms with Gasteiger partial charge in [0.25, 0.3) is 0 Å². The number of nitrogens with zero attached hydrogens (tertiary/aromatic N) is 1. The summed E-state index contributed by atoms with van der Waals surface area (Å²) in [5.41, 5.74) is 2.76. The first kappa shape index (κ1) is 24.4. The van der Waals surface area contributed by atoms with Crippen LogP contribution < -0.4 is 10.2 Å². The number of carbonyl (C=O) groups is 1. The van der Waals surface area contributed by atoms with Gasteiger partial charge in [0.15, 0.2) is 5.75 Å². The van der Waals surface area contributed by atoms with Crippen LogP contribution in [-0.2, 0) is 15.3 Å². The molecular formula is C27H31NO5S2. The quantitative estimate of drug-likeness (QED) is 0.263. The number of aromatic nitrogens is 1. The number of aryl methyl sites for hydroxylation is 1. The Kier molecular flexibility index (Phi) is 6.48. The maximum atomic E-state index is 13.3. The zero-order chi connectivity index (χ0) is 24.9. The summed E-state index contributed by atoms with van der Waals surface area (Å²) >= 11 is 3.19. The van der Waals surface area contributed by atoms with Gasteiger partial charge < -0.3 is 18.2 Å². The standard InChI is InChI=1S/C27H31NO5S2/c1-6-32-26(30)19-14-28(15-7-8-15)22-17(23(19)29)10-9-16(24(22)31-4)21-13-18-20(35-21)11-12-27(2,3)25(18)33-34-5/h9-10,13-15,25H,6-8,11-12H2,1-5H3. The highest BCUT2D eigenvalue weighted by atomic mass is 32.2. The van der Waals surface area contributed by atoms with E-state index in [0.29, 0.717) is 11.1 Å². The average Bonchev–Trinajstić information content (AvgIpc) is 3.59. The number of hydrogen-bond acceptors (Lipinski definition) is 7. The predicted octanol–water partition coefficient (Wildman–Crippen LogP) is 6.56. The number of ether oxygens (including phenoxy) is 2. The van der Waals surface area contributed by atoms with Gasteiger partial charge in [-0.25, -0.2) is 4.79 Å². The van der Waals surface area contributed by atoms with Crippen molar-refractivity contribution >= 4 is 40.3 Å². The zero-order valence-corrected chi connectivity index (χ0v) is 22.4. The minimum Gasteiger partial charge on any atom is -0.494 e. The van der Waals surface area contributed by atoms with Crippen LogP contribution in [0.5, 0.6) is 5.75 Å². The number of methoxy groups -OCH3 is 1. The van der Waals surface area contributed by atoms with Gasteiger partial charge in [-0.1, -0.05) is 13.8 Å². The number of fused-ring (bicyclic) bond motifs is 2. The Balaban J connectivity index is 1.70. The van der Waals surface area contributed by atoms with E-state index in [1.165, 1.54) is 22.5 Å². The van der Waals surface area contributed by atoms with Crippen LogP contribution in [0.1, 0.15) is 73.0 Å². The molecule has 2 aliphatic carbocycles. The molecule has 186 valence electrons. The van der Waals surface area contributed by atoms with Crippen LogP contribution in [0.2, 0.25) is 0 Å². The van der Waals surface area contributed by atoms with E-state index in [2.05, 4.69) is 19.9 Å². The van der Waals surface area contributed by atoms with Crippen LogP contribution in [0.25, 0.3) is 21.3 Å². The maximum Gasteiger partial charge on any atom is 0.343 e. The van der Waals surface area contributed by atoms with Crippen molar-refractivity contribution in [3.63, 3.8) is 0 Å². The average molecular weight is 514 g/mol. The third-order valence-electron chi connectivity index (χ3n) is 7.08. The maximum absolute atomic E-state index is 13.3. The molecule has 1 unspecified atom stereocenters. The summed E-state index contributed by atoms with van der Waals surface area (Å²) in [5.74, 6) is 0.0901. The number of benzene rings is 1. The largest absolute Gasteiger partial charge is 0.494 e. The van der Waals surface area contributed by atoms with Gasteiger partial charge in [0, 0.05) is 33.8 Å². The third-order valence-corrected chi connectivity index (χ3v) is 8.70. The number of esters is 1. The Morgan fingerprint density at radius 3 is 2.71 bits per heavy atom. The fourth-order valence-electron chi connectivity index (χ4n) is 5.07. The molecule has 0 radical (unpaired) electrons. The highest BCUT2D eigenvalue weighted by Gasteiger charge is 2.39. The highest BCUT2D eigenvalue weighted by molar-refractivity contribution is 7.93. The first-order valence-electron chi connectivity index (χ1n) is 12.1. The molecule has 5 rings (SSSR count). The Labute approximate surface area is 213 Å². The van der Waals surface area contributed by atoms with Crippen LogP contribution in [0.3, 0.4) is 0 Å². The van der Waals surface area contributed by atoms with E-state index < -0.39 is 5.97 Å². The van der Waals surface area contributed by atoms with Gasteiger partial charge in [-0.15, -0.1) is 11.3 Å². The van der Waals surface area contributed by atoms with Crippen molar-refractivity contribution in [3.05, 3.63) is 50.6 Å². The van der Waals surface area contributed by atoms with Gasteiger partial charge in [-0.2, -0.15) is 0 Å². The molecule has 0 spiro atoms. The van der Waals surface area contributed by atoms with Crippen molar-refractivity contribution in [3.8, 4) is 16.2 Å². The summed E-state index contributed by atoms with van der Waals surface area (Å²) in [7, 11) is 1.65. The monoisotopic (exact) mass is 513 g/mol. The minimum absolute atomic E-state index is 0.0227. The smallest absolute Gasteiger partial charge is 0.343 e. The third kappa shape index (κ3) is 4.19. The van der Waals surface area contributed by atoms with Crippen molar-refractivity contribution in [1.29, 1.82) is 0 Å². The summed E-state index contributed by atoms with van der Waals surface area (Å²) in [6.45, 7) is 6.49. The zero-order valence-electron chi connectivity index (χ0n) is 20.8. The molecule has 1 aromatic carbocycles. The van der Waals surface area contributed by atoms with Gasteiger partial charge in [0.05, 0.1) is 24.6 Å². The lowest BCUT2D eigenvalue weighted by atomic mass is 9.74. The van der Waals surface area contributed by atoms with Crippen molar-refractivity contribution < 1.29 is 18.5 Å². The van der Waals surface area contributed by atoms with E-state index in [1.54, 1.807) is 31.6 Å². The van der Waals surface area contributed by atoms with Gasteiger partial charge in [-0.05, 0) is 73.8 Å². The number of pyridine rings is 1. The first-order chi connectivity index (χ1) is 16.8. The molecule has 8 heteroatoms. The molecule has 3 aromatic rings. The van der Waals surface area contributed by atoms with E-state index in [0.717, 1.165) is 41.6 Å². The summed E-state index contributed by atoms with van der Waals surface area (Å²) in [6, 6.07) is 6.25. The molecule has 0 bridgehead atoms. The summed E-state index contributed by atoms with van der Waals surface area (Å²) < 4.78 is 19.3. The Bertz CT molecular complexity index is 1350. The fourth-order valence-corrected chi connectivity index (χ4v) is 6.84. The molecule has 1 saturated carbocycles. The second kappa shape index (κ2) is 9.30. The van der Waals surface area contributed by atoms with Gasteiger partial charge in [0.2, 0.25) is 5.43 Å². The lowest BCUT2D eigenvalue weighted by Gasteiger charge is -2.37. The Hall–Kier alpha value is -2.29. The van der Waals surface area contributed by atoms with E-state index >= 15 is 0 Å². The predicted molar refractivity (Wildman–Crippen MR) is 142 cm³/mol. The normalized spacial score (nSPS) is 18.9. The summed E-state index contributed by atoms with van der Waals surface area (Å²) in [4.78, 5) is 28.3.